The summed E-state index contributed by atoms with van der Waals surface area (Å²) in [6.45, 7) is 2.09. The summed E-state index contributed by atoms with van der Waals surface area (Å²) in [7, 11) is 1.96. The molecule has 0 bridgehead atoms. The number of aliphatic hydroxyl groups excluding tert-OH is 1. The number of likely N-dealkylation sites (tertiary alicyclic amines) is 1. The Morgan fingerprint density at radius 3 is 2.69 bits per heavy atom. The van der Waals surface area contributed by atoms with Crippen LogP contribution in [0, 0.1) is 5.92 Å². The van der Waals surface area contributed by atoms with Crippen LogP contribution in [0.5, 0.6) is 0 Å². The number of aliphatic hydroxyl groups is 1. The molecular formula is C24H27N3O2. The summed E-state index contributed by atoms with van der Waals surface area (Å²) in [5.41, 5.74) is 3.33. The van der Waals surface area contributed by atoms with E-state index in [9.17, 15) is 9.90 Å². The van der Waals surface area contributed by atoms with Crippen LogP contribution in [0.3, 0.4) is 0 Å². The zero-order valence-corrected chi connectivity index (χ0v) is 16.7. The normalized spacial score (nSPS) is 19.2. The average molecular weight is 389 g/mol. The highest BCUT2D eigenvalue weighted by atomic mass is 16.3. The summed E-state index contributed by atoms with van der Waals surface area (Å²) in [5, 5.41) is 11.7. The highest BCUT2D eigenvalue weighted by molar-refractivity contribution is 5.82. The van der Waals surface area contributed by atoms with Gasteiger partial charge in [0.15, 0.2) is 0 Å². The SMILES string of the molecule is CN(CC(=O)N1CC(O)C(Cc2ccnc3ccccc23)C1)Cc1ccccc1. The Balaban J connectivity index is 1.37. The maximum absolute atomic E-state index is 12.8. The van der Waals surface area contributed by atoms with Crippen molar-refractivity contribution in [3.8, 4) is 0 Å². The molecule has 5 heteroatoms. The van der Waals surface area contributed by atoms with E-state index in [2.05, 4.69) is 23.2 Å². The van der Waals surface area contributed by atoms with Gasteiger partial charge in [-0.3, -0.25) is 14.7 Å². The lowest BCUT2D eigenvalue weighted by molar-refractivity contribution is -0.131. The Labute approximate surface area is 171 Å². The molecule has 1 aliphatic rings. The number of hydrogen-bond donors (Lipinski definition) is 1. The number of aromatic nitrogens is 1. The van der Waals surface area contributed by atoms with E-state index in [0.29, 0.717) is 19.6 Å². The van der Waals surface area contributed by atoms with Crippen molar-refractivity contribution >= 4 is 16.8 Å². The number of benzene rings is 2. The van der Waals surface area contributed by atoms with Gasteiger partial charge in [-0.2, -0.15) is 0 Å². The maximum atomic E-state index is 12.8. The smallest absolute Gasteiger partial charge is 0.236 e. The number of fused-ring (bicyclic) bond motifs is 1. The van der Waals surface area contributed by atoms with Crippen LogP contribution < -0.4 is 0 Å². The van der Waals surface area contributed by atoms with E-state index in [0.717, 1.165) is 23.9 Å². The Morgan fingerprint density at radius 2 is 1.86 bits per heavy atom. The molecule has 4 rings (SSSR count). The summed E-state index contributed by atoms with van der Waals surface area (Å²) in [5.74, 6) is 0.119. The second kappa shape index (κ2) is 8.72. The second-order valence-corrected chi connectivity index (χ2v) is 7.98. The van der Waals surface area contributed by atoms with Gasteiger partial charge < -0.3 is 10.0 Å². The van der Waals surface area contributed by atoms with Crippen molar-refractivity contribution in [2.75, 3.05) is 26.7 Å². The van der Waals surface area contributed by atoms with E-state index in [1.165, 1.54) is 11.1 Å². The fourth-order valence-corrected chi connectivity index (χ4v) is 4.16. The summed E-state index contributed by atoms with van der Waals surface area (Å²) < 4.78 is 0. The van der Waals surface area contributed by atoms with E-state index in [1.54, 1.807) is 4.90 Å². The van der Waals surface area contributed by atoms with Crippen molar-refractivity contribution in [3.05, 3.63) is 78.0 Å². The molecule has 0 spiro atoms. The van der Waals surface area contributed by atoms with Gasteiger partial charge in [-0.1, -0.05) is 48.5 Å². The van der Waals surface area contributed by atoms with Crippen LogP contribution >= 0.6 is 0 Å². The molecule has 1 N–H and O–H groups in total. The predicted molar refractivity (Wildman–Crippen MR) is 114 cm³/mol. The minimum Gasteiger partial charge on any atom is -0.391 e. The molecule has 1 aliphatic heterocycles. The summed E-state index contributed by atoms with van der Waals surface area (Å²) >= 11 is 0. The van der Waals surface area contributed by atoms with Gasteiger partial charge in [0.05, 0.1) is 18.2 Å². The molecule has 1 saturated heterocycles. The molecule has 3 aromatic rings. The molecule has 2 atom stereocenters. The van der Waals surface area contributed by atoms with Gasteiger partial charge in [-0.25, -0.2) is 0 Å². The maximum Gasteiger partial charge on any atom is 0.236 e. The number of carbonyl (C=O) groups is 1. The Kier molecular flexibility index (Phi) is 5.88. The monoisotopic (exact) mass is 389 g/mol. The molecule has 29 heavy (non-hydrogen) atoms. The third-order valence-electron chi connectivity index (χ3n) is 5.68. The lowest BCUT2D eigenvalue weighted by atomic mass is 9.94. The van der Waals surface area contributed by atoms with Gasteiger partial charge in [0.1, 0.15) is 0 Å². The molecule has 1 amide bonds. The number of carbonyl (C=O) groups excluding carboxylic acids is 1. The van der Waals surface area contributed by atoms with Crippen LogP contribution in [0.25, 0.3) is 10.9 Å². The van der Waals surface area contributed by atoms with Gasteiger partial charge in [-0.15, -0.1) is 0 Å². The number of rotatable bonds is 6. The first-order chi connectivity index (χ1) is 14.1. The van der Waals surface area contributed by atoms with Crippen LogP contribution in [-0.2, 0) is 17.8 Å². The largest absolute Gasteiger partial charge is 0.391 e. The van der Waals surface area contributed by atoms with Crippen LogP contribution in [0.1, 0.15) is 11.1 Å². The van der Waals surface area contributed by atoms with E-state index in [1.807, 2.05) is 60.6 Å². The summed E-state index contributed by atoms with van der Waals surface area (Å²) in [6, 6.07) is 20.2. The zero-order valence-electron chi connectivity index (χ0n) is 16.7. The molecule has 0 radical (unpaired) electrons. The number of nitrogens with zero attached hydrogens (tertiary/aromatic N) is 3. The van der Waals surface area contributed by atoms with Crippen LogP contribution in [0.4, 0.5) is 0 Å². The molecule has 0 aliphatic carbocycles. The minimum absolute atomic E-state index is 0.0455. The van der Waals surface area contributed by atoms with E-state index >= 15 is 0 Å². The van der Waals surface area contributed by atoms with Crippen molar-refractivity contribution in [2.45, 2.75) is 19.1 Å². The zero-order chi connectivity index (χ0) is 20.2. The third kappa shape index (κ3) is 4.63. The van der Waals surface area contributed by atoms with E-state index in [4.69, 9.17) is 0 Å². The average Bonchev–Trinajstić information content (AvgIpc) is 3.09. The van der Waals surface area contributed by atoms with Crippen LogP contribution in [0.2, 0.25) is 0 Å². The van der Waals surface area contributed by atoms with E-state index in [-0.39, 0.29) is 11.8 Å². The molecular weight excluding hydrogens is 362 g/mol. The summed E-state index contributed by atoms with van der Waals surface area (Å²) in [4.78, 5) is 21.0. The summed E-state index contributed by atoms with van der Waals surface area (Å²) in [6.07, 6.45) is 2.07. The topological polar surface area (TPSA) is 56.7 Å². The molecule has 1 fully saturated rings. The molecule has 2 unspecified atom stereocenters. The highest BCUT2D eigenvalue weighted by Gasteiger charge is 2.34. The lowest BCUT2D eigenvalue weighted by Crippen LogP contribution is -2.38. The first-order valence-corrected chi connectivity index (χ1v) is 10.1. The Bertz CT molecular complexity index is 971. The van der Waals surface area contributed by atoms with Crippen molar-refractivity contribution < 1.29 is 9.90 Å². The number of pyridine rings is 1. The van der Waals surface area contributed by atoms with Crippen molar-refractivity contribution in [2.24, 2.45) is 5.92 Å². The van der Waals surface area contributed by atoms with Crippen LogP contribution in [-0.4, -0.2) is 58.6 Å². The molecule has 2 aromatic carbocycles. The van der Waals surface area contributed by atoms with Gasteiger partial charge in [0.25, 0.3) is 0 Å². The molecule has 5 nitrogen and oxygen atoms in total. The minimum atomic E-state index is -0.495. The van der Waals surface area contributed by atoms with E-state index < -0.39 is 6.10 Å². The Hall–Kier alpha value is -2.76. The second-order valence-electron chi connectivity index (χ2n) is 7.98. The Morgan fingerprint density at radius 1 is 1.10 bits per heavy atom. The number of likely N-dealkylation sites (N-methyl/N-ethyl adjacent to an activating group) is 1. The fraction of sp³-hybridized carbons (Fsp3) is 0.333. The van der Waals surface area contributed by atoms with Gasteiger partial charge in [-0.05, 0) is 36.7 Å². The predicted octanol–water partition coefficient (Wildman–Crippen LogP) is 2.73. The van der Waals surface area contributed by atoms with Gasteiger partial charge in [0, 0.05) is 37.1 Å². The van der Waals surface area contributed by atoms with Gasteiger partial charge >= 0.3 is 0 Å². The van der Waals surface area contributed by atoms with Crippen molar-refractivity contribution in [1.29, 1.82) is 0 Å². The highest BCUT2D eigenvalue weighted by Crippen LogP contribution is 2.25. The number of hydrogen-bond acceptors (Lipinski definition) is 4. The molecule has 0 saturated carbocycles. The van der Waals surface area contributed by atoms with Gasteiger partial charge in [0.2, 0.25) is 5.91 Å². The lowest BCUT2D eigenvalue weighted by Gasteiger charge is -2.21. The van der Waals surface area contributed by atoms with Crippen LogP contribution in [0.15, 0.2) is 66.9 Å². The molecule has 150 valence electrons. The van der Waals surface area contributed by atoms with Crippen molar-refractivity contribution in [1.82, 2.24) is 14.8 Å². The number of amides is 1. The first-order valence-electron chi connectivity index (χ1n) is 10.1. The number of para-hydroxylation sites is 1. The third-order valence-corrected chi connectivity index (χ3v) is 5.68. The first kappa shape index (κ1) is 19.6. The van der Waals surface area contributed by atoms with Crippen molar-refractivity contribution in [3.63, 3.8) is 0 Å². The molecule has 2 heterocycles. The molecule has 1 aromatic heterocycles. The number of β-amino-alcohol motifs (C(OH)–C–C–N with tert-alkyl or cyclic N) is 1. The fourth-order valence-electron chi connectivity index (χ4n) is 4.16. The standard InChI is InChI=1S/C24H27N3O2/c1-26(14-18-7-3-2-4-8-18)17-24(29)27-15-20(23(28)16-27)13-19-11-12-25-22-10-6-5-9-21(19)22/h2-12,20,23,28H,13-17H2,1H3. The quantitative estimate of drug-likeness (QED) is 0.704.